The molecule has 34 heavy (non-hydrogen) atoms. The first-order valence-electron chi connectivity index (χ1n) is 9.52. The molecule has 0 spiro atoms. The Morgan fingerprint density at radius 1 is 0.853 bits per heavy atom. The van der Waals surface area contributed by atoms with Crippen LogP contribution in [0.1, 0.15) is 15.9 Å². The number of esters is 1. The van der Waals surface area contributed by atoms with E-state index in [1.165, 1.54) is 43.7 Å². The lowest BCUT2D eigenvalue weighted by molar-refractivity contribution is -0.136. The second-order valence-electron chi connectivity index (χ2n) is 6.56. The number of amides is 2. The zero-order valence-electron chi connectivity index (χ0n) is 17.5. The summed E-state index contributed by atoms with van der Waals surface area (Å²) < 4.78 is 10.6. The van der Waals surface area contributed by atoms with E-state index in [0.717, 1.165) is 0 Å². The molecule has 0 fully saturated rings. The maximum atomic E-state index is 12.4. The summed E-state index contributed by atoms with van der Waals surface area (Å²) in [6, 6.07) is 15.5. The third-order valence-electron chi connectivity index (χ3n) is 4.25. The number of nitrogens with one attached hydrogen (secondary N) is 2. The summed E-state index contributed by atoms with van der Waals surface area (Å²) in [5.41, 5.74) is 3.11. The quantitative estimate of drug-likeness (QED) is 0.157. The van der Waals surface area contributed by atoms with Crippen LogP contribution in [-0.2, 0) is 9.59 Å². The van der Waals surface area contributed by atoms with Crippen LogP contribution in [0.5, 0.6) is 11.5 Å². The Hall–Kier alpha value is -3.59. The second kappa shape index (κ2) is 11.5. The van der Waals surface area contributed by atoms with Crippen molar-refractivity contribution >= 4 is 64.5 Å². The van der Waals surface area contributed by atoms with E-state index < -0.39 is 17.8 Å². The first kappa shape index (κ1) is 25.0. The maximum Gasteiger partial charge on any atom is 0.345 e. The van der Waals surface area contributed by atoms with Gasteiger partial charge in [-0.3, -0.25) is 9.59 Å². The third-order valence-corrected chi connectivity index (χ3v) is 5.32. The SMILES string of the molecule is COc1cc(/C=N\NC(=O)C(=O)Nc2ccc(Cl)c(Cl)c2)ccc1OC(=O)c1ccccc1Cl. The van der Waals surface area contributed by atoms with Crippen molar-refractivity contribution in [3.05, 3.63) is 86.9 Å². The molecular weight excluding hydrogens is 505 g/mol. The van der Waals surface area contributed by atoms with Gasteiger partial charge in [-0.15, -0.1) is 0 Å². The van der Waals surface area contributed by atoms with E-state index in [-0.39, 0.29) is 27.1 Å². The van der Waals surface area contributed by atoms with Gasteiger partial charge >= 0.3 is 17.8 Å². The van der Waals surface area contributed by atoms with Crippen molar-refractivity contribution in [1.82, 2.24) is 5.43 Å². The maximum absolute atomic E-state index is 12.4. The Kier molecular flexibility index (Phi) is 8.48. The van der Waals surface area contributed by atoms with Crippen molar-refractivity contribution in [2.24, 2.45) is 5.10 Å². The molecule has 11 heteroatoms. The number of nitrogens with zero attached hydrogens (tertiary/aromatic N) is 1. The van der Waals surface area contributed by atoms with Crippen LogP contribution in [0.15, 0.2) is 65.8 Å². The largest absolute Gasteiger partial charge is 0.493 e. The van der Waals surface area contributed by atoms with Crippen LogP contribution in [0.2, 0.25) is 15.1 Å². The molecule has 0 unspecified atom stereocenters. The van der Waals surface area contributed by atoms with Gasteiger partial charge in [-0.05, 0) is 54.1 Å². The average molecular weight is 521 g/mol. The van der Waals surface area contributed by atoms with Gasteiger partial charge in [0.15, 0.2) is 11.5 Å². The van der Waals surface area contributed by atoms with Gasteiger partial charge in [0.2, 0.25) is 0 Å². The van der Waals surface area contributed by atoms with Gasteiger partial charge in [0.1, 0.15) is 0 Å². The highest BCUT2D eigenvalue weighted by molar-refractivity contribution is 6.43. The topological polar surface area (TPSA) is 106 Å². The monoisotopic (exact) mass is 519 g/mol. The van der Waals surface area contributed by atoms with Crippen molar-refractivity contribution in [2.75, 3.05) is 12.4 Å². The molecule has 3 aromatic rings. The summed E-state index contributed by atoms with van der Waals surface area (Å²) in [7, 11) is 1.40. The summed E-state index contributed by atoms with van der Waals surface area (Å²) in [5.74, 6) is -2.19. The standard InChI is InChI=1S/C23H16Cl3N3O5/c1-33-20-10-13(6-9-19(20)34-23(32)15-4-2-3-5-16(15)24)12-27-29-22(31)21(30)28-14-7-8-17(25)18(26)11-14/h2-12H,1H3,(H,28,30)(H,29,31)/b27-12-. The highest BCUT2D eigenvalue weighted by atomic mass is 35.5. The van der Waals surface area contributed by atoms with Gasteiger partial charge in [-0.1, -0.05) is 46.9 Å². The number of halogens is 3. The number of hydrazone groups is 1. The summed E-state index contributed by atoms with van der Waals surface area (Å²) >= 11 is 17.7. The van der Waals surface area contributed by atoms with Crippen LogP contribution in [0.3, 0.4) is 0 Å². The van der Waals surface area contributed by atoms with E-state index in [2.05, 4.69) is 15.8 Å². The molecule has 0 aliphatic heterocycles. The minimum Gasteiger partial charge on any atom is -0.493 e. The van der Waals surface area contributed by atoms with Gasteiger partial charge in [0, 0.05) is 5.69 Å². The predicted octanol–water partition coefficient (Wildman–Crippen LogP) is 4.96. The summed E-state index contributed by atoms with van der Waals surface area (Å²) in [5, 5.41) is 6.92. The molecule has 0 bridgehead atoms. The molecule has 0 heterocycles. The van der Waals surface area contributed by atoms with E-state index in [1.807, 2.05) is 0 Å². The minimum absolute atomic E-state index is 0.162. The van der Waals surface area contributed by atoms with Crippen LogP contribution in [0.25, 0.3) is 0 Å². The predicted molar refractivity (Wildman–Crippen MR) is 130 cm³/mol. The van der Waals surface area contributed by atoms with Crippen molar-refractivity contribution in [2.45, 2.75) is 0 Å². The van der Waals surface area contributed by atoms with Gasteiger partial charge < -0.3 is 14.8 Å². The minimum atomic E-state index is -1.00. The number of ether oxygens (including phenoxy) is 2. The highest BCUT2D eigenvalue weighted by Crippen LogP contribution is 2.29. The van der Waals surface area contributed by atoms with Gasteiger partial charge in [-0.2, -0.15) is 5.10 Å². The molecule has 2 N–H and O–H groups in total. The first-order valence-corrected chi connectivity index (χ1v) is 10.7. The van der Waals surface area contributed by atoms with Crippen molar-refractivity contribution in [1.29, 1.82) is 0 Å². The molecule has 3 rings (SSSR count). The molecule has 2 amide bonds. The Morgan fingerprint density at radius 2 is 1.62 bits per heavy atom. The molecule has 0 aromatic heterocycles. The molecule has 0 atom stereocenters. The van der Waals surface area contributed by atoms with Crippen LogP contribution in [0, 0.1) is 0 Å². The van der Waals surface area contributed by atoms with E-state index in [4.69, 9.17) is 44.3 Å². The average Bonchev–Trinajstić information content (AvgIpc) is 2.82. The lowest BCUT2D eigenvalue weighted by atomic mass is 10.2. The molecule has 174 valence electrons. The lowest BCUT2D eigenvalue weighted by Crippen LogP contribution is -2.32. The molecule has 0 radical (unpaired) electrons. The lowest BCUT2D eigenvalue weighted by Gasteiger charge is -2.10. The van der Waals surface area contributed by atoms with Crippen molar-refractivity contribution in [3.8, 4) is 11.5 Å². The number of rotatable bonds is 6. The number of carbonyl (C=O) groups excluding carboxylic acids is 3. The van der Waals surface area contributed by atoms with Crippen LogP contribution >= 0.6 is 34.8 Å². The zero-order chi connectivity index (χ0) is 24.7. The number of hydrogen-bond acceptors (Lipinski definition) is 6. The number of methoxy groups -OCH3 is 1. The Bertz CT molecular complexity index is 1280. The summed E-state index contributed by atoms with van der Waals surface area (Å²) in [4.78, 5) is 36.3. The molecule has 0 aliphatic rings. The van der Waals surface area contributed by atoms with Gasteiger partial charge in [0.05, 0.1) is 34.0 Å². The van der Waals surface area contributed by atoms with Crippen LogP contribution in [0.4, 0.5) is 5.69 Å². The number of hydrogen-bond donors (Lipinski definition) is 2. The smallest absolute Gasteiger partial charge is 0.345 e. The third kappa shape index (κ3) is 6.48. The fraction of sp³-hybridized carbons (Fsp3) is 0.0435. The Morgan fingerprint density at radius 3 is 2.32 bits per heavy atom. The molecular formula is C23H16Cl3N3O5. The second-order valence-corrected chi connectivity index (χ2v) is 7.78. The highest BCUT2D eigenvalue weighted by Gasteiger charge is 2.16. The van der Waals surface area contributed by atoms with E-state index >= 15 is 0 Å². The first-order chi connectivity index (χ1) is 16.3. The van der Waals surface area contributed by atoms with Crippen LogP contribution in [-0.4, -0.2) is 31.1 Å². The molecule has 0 saturated heterocycles. The normalized spacial score (nSPS) is 10.6. The van der Waals surface area contributed by atoms with Crippen molar-refractivity contribution < 1.29 is 23.9 Å². The van der Waals surface area contributed by atoms with Crippen LogP contribution < -0.4 is 20.2 Å². The molecule has 8 nitrogen and oxygen atoms in total. The van der Waals surface area contributed by atoms with E-state index in [0.29, 0.717) is 16.3 Å². The molecule has 0 saturated carbocycles. The number of carbonyl (C=O) groups is 3. The summed E-state index contributed by atoms with van der Waals surface area (Å²) in [6.07, 6.45) is 1.28. The number of anilines is 1. The fourth-order valence-electron chi connectivity index (χ4n) is 2.61. The Balaban J connectivity index is 1.61. The van der Waals surface area contributed by atoms with Gasteiger partial charge in [0.25, 0.3) is 0 Å². The van der Waals surface area contributed by atoms with E-state index in [9.17, 15) is 14.4 Å². The fourth-order valence-corrected chi connectivity index (χ4v) is 3.12. The molecule has 0 aliphatic carbocycles. The summed E-state index contributed by atoms with van der Waals surface area (Å²) in [6.45, 7) is 0. The Labute approximate surface area is 209 Å². The number of benzene rings is 3. The van der Waals surface area contributed by atoms with Crippen molar-refractivity contribution in [3.63, 3.8) is 0 Å². The van der Waals surface area contributed by atoms with E-state index in [1.54, 1.807) is 30.3 Å². The van der Waals surface area contributed by atoms with Gasteiger partial charge in [-0.25, -0.2) is 10.2 Å². The molecule has 3 aromatic carbocycles. The zero-order valence-corrected chi connectivity index (χ0v) is 19.7.